The summed E-state index contributed by atoms with van der Waals surface area (Å²) in [5.74, 6) is 0.00569. The number of aryl methyl sites for hydroxylation is 2. The van der Waals surface area contributed by atoms with Gasteiger partial charge in [-0.2, -0.15) is 0 Å². The van der Waals surface area contributed by atoms with Crippen molar-refractivity contribution in [2.24, 2.45) is 5.92 Å². The smallest absolute Gasteiger partial charge is 0.257 e. The molecule has 1 amide bonds. The van der Waals surface area contributed by atoms with Crippen LogP contribution in [0.15, 0.2) is 42.5 Å². The number of hydrogen-bond donors (Lipinski definition) is 2. The number of benzene rings is 2. The van der Waals surface area contributed by atoms with Crippen LogP contribution in [0.2, 0.25) is 0 Å². The van der Waals surface area contributed by atoms with Gasteiger partial charge < -0.3 is 15.2 Å². The van der Waals surface area contributed by atoms with Gasteiger partial charge in [-0.15, -0.1) is 0 Å². The zero-order valence-electron chi connectivity index (χ0n) is 14.6. The van der Waals surface area contributed by atoms with Crippen molar-refractivity contribution >= 4 is 5.91 Å². The first kappa shape index (κ1) is 18.9. The highest BCUT2D eigenvalue weighted by atomic mass is 19.1. The van der Waals surface area contributed by atoms with Gasteiger partial charge in [-0.1, -0.05) is 18.2 Å². The van der Waals surface area contributed by atoms with Gasteiger partial charge in [0.25, 0.3) is 5.91 Å². The van der Waals surface area contributed by atoms with Crippen LogP contribution in [0.3, 0.4) is 0 Å². The van der Waals surface area contributed by atoms with Crippen LogP contribution in [0.4, 0.5) is 4.39 Å². The van der Waals surface area contributed by atoms with E-state index in [1.807, 2.05) is 32.0 Å². The number of halogens is 1. The molecule has 0 radical (unpaired) electrons. The quantitative estimate of drug-likeness (QED) is 0.773. The third-order valence-electron chi connectivity index (χ3n) is 3.85. The molecule has 0 aliphatic rings. The highest BCUT2D eigenvalue weighted by Gasteiger charge is 2.11. The van der Waals surface area contributed by atoms with Crippen molar-refractivity contribution in [1.82, 2.24) is 5.32 Å². The molecule has 0 saturated heterocycles. The largest absolute Gasteiger partial charge is 0.484 e. The van der Waals surface area contributed by atoms with Crippen LogP contribution >= 0.6 is 0 Å². The summed E-state index contributed by atoms with van der Waals surface area (Å²) in [6.07, 6.45) is 0.564. The molecule has 0 aromatic heterocycles. The Balaban J connectivity index is 1.78. The molecule has 2 rings (SSSR count). The minimum atomic E-state index is -0.291. The average molecular weight is 345 g/mol. The van der Waals surface area contributed by atoms with Crippen LogP contribution in [0.1, 0.15) is 16.7 Å². The van der Waals surface area contributed by atoms with Gasteiger partial charge in [-0.3, -0.25) is 4.79 Å². The summed E-state index contributed by atoms with van der Waals surface area (Å²) in [5, 5.41) is 12.2. The molecule has 0 heterocycles. The highest BCUT2D eigenvalue weighted by Crippen LogP contribution is 2.16. The fraction of sp³-hybridized carbons (Fsp3) is 0.350. The standard InChI is InChI=1S/C20H24FNO3/c1-14-7-15(2)9-19(8-14)25-13-20(24)22-11-17(12-23)10-16-3-5-18(21)6-4-16/h3-9,17,23H,10-13H2,1-2H3,(H,22,24)/t17-/m1/s1. The summed E-state index contributed by atoms with van der Waals surface area (Å²) >= 11 is 0. The average Bonchev–Trinajstić information content (AvgIpc) is 2.57. The van der Waals surface area contributed by atoms with Crippen LogP contribution in [0, 0.1) is 25.6 Å². The van der Waals surface area contributed by atoms with Crippen molar-refractivity contribution in [3.8, 4) is 5.75 Å². The lowest BCUT2D eigenvalue weighted by Gasteiger charge is -2.15. The highest BCUT2D eigenvalue weighted by molar-refractivity contribution is 5.77. The van der Waals surface area contributed by atoms with Crippen molar-refractivity contribution in [3.05, 3.63) is 65.0 Å². The summed E-state index contributed by atoms with van der Waals surface area (Å²) in [6.45, 7) is 4.15. The third-order valence-corrected chi connectivity index (χ3v) is 3.85. The fourth-order valence-electron chi connectivity index (χ4n) is 2.63. The Labute approximate surface area is 147 Å². The minimum absolute atomic E-state index is 0.0599. The van der Waals surface area contributed by atoms with Crippen molar-refractivity contribution < 1.29 is 19.0 Å². The van der Waals surface area contributed by atoms with Gasteiger partial charge in [-0.05, 0) is 61.2 Å². The summed E-state index contributed by atoms with van der Waals surface area (Å²) in [6, 6.07) is 11.9. The van der Waals surface area contributed by atoms with Gasteiger partial charge in [0.15, 0.2) is 6.61 Å². The second-order valence-electron chi connectivity index (χ2n) is 6.30. The van der Waals surface area contributed by atoms with Gasteiger partial charge in [0, 0.05) is 19.1 Å². The lowest BCUT2D eigenvalue weighted by molar-refractivity contribution is -0.123. The van der Waals surface area contributed by atoms with E-state index in [0.717, 1.165) is 16.7 Å². The van der Waals surface area contributed by atoms with Gasteiger partial charge >= 0.3 is 0 Å². The first-order valence-electron chi connectivity index (χ1n) is 8.29. The summed E-state index contributed by atoms with van der Waals surface area (Å²) in [7, 11) is 0. The number of amides is 1. The number of aliphatic hydroxyl groups excluding tert-OH is 1. The predicted octanol–water partition coefficient (Wildman–Crippen LogP) is 2.79. The van der Waals surface area contributed by atoms with Gasteiger partial charge in [0.1, 0.15) is 11.6 Å². The number of ether oxygens (including phenoxy) is 1. The molecule has 0 saturated carbocycles. The molecule has 0 fully saturated rings. The topological polar surface area (TPSA) is 58.6 Å². The molecule has 1 atom stereocenters. The van der Waals surface area contributed by atoms with E-state index in [0.29, 0.717) is 18.7 Å². The molecule has 25 heavy (non-hydrogen) atoms. The van der Waals surface area contributed by atoms with E-state index in [-0.39, 0.29) is 30.9 Å². The van der Waals surface area contributed by atoms with Crippen LogP contribution in [0.5, 0.6) is 5.75 Å². The molecule has 0 spiro atoms. The first-order chi connectivity index (χ1) is 12.0. The number of hydrogen-bond acceptors (Lipinski definition) is 3. The lowest BCUT2D eigenvalue weighted by Crippen LogP contribution is -2.35. The van der Waals surface area contributed by atoms with E-state index in [4.69, 9.17) is 4.74 Å². The molecule has 0 unspecified atom stereocenters. The number of carbonyl (C=O) groups excluding carboxylic acids is 1. The van der Waals surface area contributed by atoms with E-state index in [1.54, 1.807) is 12.1 Å². The minimum Gasteiger partial charge on any atom is -0.484 e. The fourth-order valence-corrected chi connectivity index (χ4v) is 2.63. The first-order valence-corrected chi connectivity index (χ1v) is 8.29. The maximum atomic E-state index is 12.9. The Bertz CT molecular complexity index is 680. The molecule has 0 aliphatic carbocycles. The molecule has 0 bridgehead atoms. The van der Waals surface area contributed by atoms with Crippen molar-refractivity contribution in [2.75, 3.05) is 19.8 Å². The monoisotopic (exact) mass is 345 g/mol. The molecule has 0 aliphatic heterocycles. The van der Waals surface area contributed by atoms with Crippen molar-refractivity contribution in [1.29, 1.82) is 0 Å². The number of rotatable bonds is 8. The number of aliphatic hydroxyl groups is 1. The van der Waals surface area contributed by atoms with Crippen LogP contribution < -0.4 is 10.1 Å². The Morgan fingerprint density at radius 3 is 2.40 bits per heavy atom. The van der Waals surface area contributed by atoms with Crippen LogP contribution in [-0.4, -0.2) is 30.8 Å². The number of carbonyl (C=O) groups is 1. The summed E-state index contributed by atoms with van der Waals surface area (Å²) in [5.41, 5.74) is 3.08. The van der Waals surface area contributed by atoms with Gasteiger partial charge in [0.05, 0.1) is 0 Å². The lowest BCUT2D eigenvalue weighted by atomic mass is 10.00. The Morgan fingerprint density at radius 2 is 1.80 bits per heavy atom. The molecule has 4 nitrogen and oxygen atoms in total. The van der Waals surface area contributed by atoms with E-state index >= 15 is 0 Å². The van der Waals surface area contributed by atoms with E-state index in [9.17, 15) is 14.3 Å². The van der Waals surface area contributed by atoms with Gasteiger partial charge in [0.2, 0.25) is 0 Å². The molecule has 2 aromatic carbocycles. The normalized spacial score (nSPS) is 11.8. The van der Waals surface area contributed by atoms with Crippen LogP contribution in [0.25, 0.3) is 0 Å². The molecule has 5 heteroatoms. The van der Waals surface area contributed by atoms with Crippen molar-refractivity contribution in [3.63, 3.8) is 0 Å². The number of nitrogens with one attached hydrogen (secondary N) is 1. The van der Waals surface area contributed by atoms with Gasteiger partial charge in [-0.25, -0.2) is 4.39 Å². The summed E-state index contributed by atoms with van der Waals surface area (Å²) in [4.78, 5) is 11.9. The third kappa shape index (κ3) is 6.55. The maximum Gasteiger partial charge on any atom is 0.257 e. The predicted molar refractivity (Wildman–Crippen MR) is 95.1 cm³/mol. The Kier molecular flexibility index (Phi) is 6.95. The maximum absolute atomic E-state index is 12.9. The van der Waals surface area contributed by atoms with E-state index in [1.165, 1.54) is 12.1 Å². The molecule has 134 valence electrons. The molecule has 2 N–H and O–H groups in total. The molecular formula is C20H24FNO3. The zero-order chi connectivity index (χ0) is 18.2. The zero-order valence-corrected chi connectivity index (χ0v) is 14.6. The Morgan fingerprint density at radius 1 is 1.16 bits per heavy atom. The van der Waals surface area contributed by atoms with E-state index < -0.39 is 0 Å². The molecular weight excluding hydrogens is 321 g/mol. The van der Waals surface area contributed by atoms with Crippen LogP contribution in [-0.2, 0) is 11.2 Å². The second kappa shape index (κ2) is 9.18. The molecule has 2 aromatic rings. The Hall–Kier alpha value is -2.40. The SMILES string of the molecule is Cc1cc(C)cc(OCC(=O)NC[C@H](CO)Cc2ccc(F)cc2)c1. The summed E-state index contributed by atoms with van der Waals surface area (Å²) < 4.78 is 18.4. The second-order valence-corrected chi connectivity index (χ2v) is 6.30. The van der Waals surface area contributed by atoms with Crippen molar-refractivity contribution in [2.45, 2.75) is 20.3 Å². The van der Waals surface area contributed by atoms with E-state index in [2.05, 4.69) is 5.32 Å².